The fourth-order valence-corrected chi connectivity index (χ4v) is 3.15. The summed E-state index contributed by atoms with van der Waals surface area (Å²) < 4.78 is 0. The maximum atomic E-state index is 12.3. The largest absolute Gasteiger partial charge is 0.366 e. The molecule has 1 saturated carbocycles. The van der Waals surface area contributed by atoms with E-state index >= 15 is 0 Å². The van der Waals surface area contributed by atoms with E-state index in [1.807, 2.05) is 0 Å². The molecule has 0 radical (unpaired) electrons. The van der Waals surface area contributed by atoms with Crippen LogP contribution in [0.4, 0.5) is 11.5 Å². The van der Waals surface area contributed by atoms with E-state index in [0.29, 0.717) is 23.1 Å². The Bertz CT molecular complexity index is 748. The van der Waals surface area contributed by atoms with Gasteiger partial charge in [0.15, 0.2) is 11.5 Å². The van der Waals surface area contributed by atoms with Crippen LogP contribution in [0.1, 0.15) is 66.3 Å². The third-order valence-corrected chi connectivity index (χ3v) is 4.65. The van der Waals surface area contributed by atoms with Gasteiger partial charge in [-0.3, -0.25) is 9.59 Å². The maximum absolute atomic E-state index is 12.3. The second-order valence-corrected chi connectivity index (χ2v) is 6.72. The number of hydrogen-bond acceptors (Lipinski definition) is 5. The normalized spacial score (nSPS) is 15.1. The van der Waals surface area contributed by atoms with Crippen LogP contribution in [0.2, 0.25) is 0 Å². The summed E-state index contributed by atoms with van der Waals surface area (Å²) in [6.45, 7) is 1.51. The minimum absolute atomic E-state index is 0.00880. The van der Waals surface area contributed by atoms with Gasteiger partial charge in [-0.15, -0.1) is 10.2 Å². The highest BCUT2D eigenvalue weighted by atomic mass is 16.2. The molecule has 1 amide bonds. The quantitative estimate of drug-likeness (QED) is 0.626. The summed E-state index contributed by atoms with van der Waals surface area (Å²) in [5.41, 5.74) is 1.48. The lowest BCUT2D eigenvalue weighted by Crippen LogP contribution is -2.20. The molecule has 0 bridgehead atoms. The summed E-state index contributed by atoms with van der Waals surface area (Å²) in [5, 5.41) is 14.3. The van der Waals surface area contributed by atoms with E-state index in [1.165, 1.54) is 32.6 Å². The molecule has 0 saturated heterocycles. The number of hydrogen-bond donors (Lipinski definition) is 2. The van der Waals surface area contributed by atoms with E-state index in [0.717, 1.165) is 12.8 Å². The summed E-state index contributed by atoms with van der Waals surface area (Å²) in [7, 11) is 0. The number of ketones is 1. The molecule has 0 spiro atoms. The molecule has 26 heavy (non-hydrogen) atoms. The SMILES string of the molecule is CC(=O)c1ccc(NC(=O)c2ccc(NC3CCCCCC3)nn2)cc1. The number of rotatable bonds is 5. The van der Waals surface area contributed by atoms with Gasteiger partial charge in [0.25, 0.3) is 5.91 Å². The van der Waals surface area contributed by atoms with Crippen LogP contribution in [0.15, 0.2) is 36.4 Å². The van der Waals surface area contributed by atoms with Gasteiger partial charge in [0.2, 0.25) is 0 Å². The van der Waals surface area contributed by atoms with Crippen LogP contribution in [0, 0.1) is 0 Å². The fraction of sp³-hybridized carbons (Fsp3) is 0.400. The predicted octanol–water partition coefficient (Wildman–Crippen LogP) is 4.07. The van der Waals surface area contributed by atoms with E-state index in [2.05, 4.69) is 20.8 Å². The summed E-state index contributed by atoms with van der Waals surface area (Å²) in [5.74, 6) is 0.374. The molecule has 2 N–H and O–H groups in total. The summed E-state index contributed by atoms with van der Waals surface area (Å²) in [4.78, 5) is 23.6. The Morgan fingerprint density at radius 2 is 1.62 bits per heavy atom. The molecule has 1 aliphatic rings. The first-order valence-electron chi connectivity index (χ1n) is 9.14. The van der Waals surface area contributed by atoms with Crippen LogP contribution in [-0.4, -0.2) is 27.9 Å². The monoisotopic (exact) mass is 352 g/mol. The van der Waals surface area contributed by atoms with Crippen molar-refractivity contribution in [3.8, 4) is 0 Å². The zero-order chi connectivity index (χ0) is 18.4. The van der Waals surface area contributed by atoms with Gasteiger partial charge in [0.1, 0.15) is 5.82 Å². The molecular weight excluding hydrogens is 328 g/mol. The lowest BCUT2D eigenvalue weighted by atomic mass is 10.1. The van der Waals surface area contributed by atoms with Crippen molar-refractivity contribution < 1.29 is 9.59 Å². The predicted molar refractivity (Wildman–Crippen MR) is 102 cm³/mol. The number of carbonyl (C=O) groups excluding carboxylic acids is 2. The molecule has 2 aromatic rings. The van der Waals surface area contributed by atoms with Crippen LogP contribution in [-0.2, 0) is 0 Å². The number of nitrogens with zero attached hydrogens (tertiary/aromatic N) is 2. The lowest BCUT2D eigenvalue weighted by Gasteiger charge is -2.16. The summed E-state index contributed by atoms with van der Waals surface area (Å²) in [6.07, 6.45) is 7.40. The van der Waals surface area contributed by atoms with Crippen molar-refractivity contribution >= 4 is 23.2 Å². The van der Waals surface area contributed by atoms with Crippen LogP contribution in [0.3, 0.4) is 0 Å². The molecule has 6 nitrogen and oxygen atoms in total. The van der Waals surface area contributed by atoms with Gasteiger partial charge in [-0.05, 0) is 56.2 Å². The first-order valence-corrected chi connectivity index (χ1v) is 9.14. The molecule has 0 unspecified atom stereocenters. The lowest BCUT2D eigenvalue weighted by molar-refractivity contribution is 0.101. The molecule has 1 heterocycles. The Morgan fingerprint density at radius 3 is 2.19 bits per heavy atom. The number of Topliss-reactive ketones (excluding diaryl/α,β-unsaturated/α-hetero) is 1. The number of carbonyl (C=O) groups is 2. The molecular formula is C20H24N4O2. The van der Waals surface area contributed by atoms with Crippen molar-refractivity contribution in [3.63, 3.8) is 0 Å². The molecule has 136 valence electrons. The van der Waals surface area contributed by atoms with Gasteiger partial charge in [0.05, 0.1) is 0 Å². The van der Waals surface area contributed by atoms with Crippen molar-refractivity contribution in [1.82, 2.24) is 10.2 Å². The standard InChI is InChI=1S/C20H24N4O2/c1-14(25)15-8-10-17(11-9-15)22-20(26)18-12-13-19(24-23-18)21-16-6-4-2-3-5-7-16/h8-13,16H,2-7H2,1H3,(H,21,24)(H,22,26). The van der Waals surface area contributed by atoms with Crippen LogP contribution in [0.5, 0.6) is 0 Å². The van der Waals surface area contributed by atoms with Crippen molar-refractivity contribution in [1.29, 1.82) is 0 Å². The molecule has 1 aliphatic carbocycles. The third-order valence-electron chi connectivity index (χ3n) is 4.65. The number of amides is 1. The second-order valence-electron chi connectivity index (χ2n) is 6.72. The first-order chi connectivity index (χ1) is 12.6. The number of anilines is 2. The third kappa shape index (κ3) is 4.88. The van der Waals surface area contributed by atoms with Crippen LogP contribution in [0.25, 0.3) is 0 Å². The van der Waals surface area contributed by atoms with E-state index in [-0.39, 0.29) is 17.4 Å². The molecule has 1 aromatic heterocycles. The first kappa shape index (κ1) is 18.0. The molecule has 6 heteroatoms. The van der Waals surface area contributed by atoms with E-state index in [1.54, 1.807) is 36.4 Å². The molecule has 0 aliphatic heterocycles. The van der Waals surface area contributed by atoms with Crippen molar-refractivity contribution in [2.24, 2.45) is 0 Å². The average molecular weight is 352 g/mol. The Morgan fingerprint density at radius 1 is 0.923 bits per heavy atom. The molecule has 0 atom stereocenters. The van der Waals surface area contributed by atoms with Gasteiger partial charge in [0, 0.05) is 17.3 Å². The second kappa shape index (κ2) is 8.56. The van der Waals surface area contributed by atoms with E-state index in [4.69, 9.17) is 0 Å². The topological polar surface area (TPSA) is 84.0 Å². The molecule has 3 rings (SSSR count). The van der Waals surface area contributed by atoms with E-state index in [9.17, 15) is 9.59 Å². The zero-order valence-electron chi connectivity index (χ0n) is 15.0. The van der Waals surface area contributed by atoms with Gasteiger partial charge >= 0.3 is 0 Å². The van der Waals surface area contributed by atoms with Gasteiger partial charge in [-0.25, -0.2) is 0 Å². The van der Waals surface area contributed by atoms with Gasteiger partial charge in [-0.1, -0.05) is 25.7 Å². The Balaban J connectivity index is 1.58. The number of nitrogens with one attached hydrogen (secondary N) is 2. The maximum Gasteiger partial charge on any atom is 0.276 e. The smallest absolute Gasteiger partial charge is 0.276 e. The molecule has 1 fully saturated rings. The highest BCUT2D eigenvalue weighted by Gasteiger charge is 2.14. The Hall–Kier alpha value is -2.76. The average Bonchev–Trinajstić information content (AvgIpc) is 2.91. The summed E-state index contributed by atoms with van der Waals surface area (Å²) in [6, 6.07) is 10.7. The highest BCUT2D eigenvalue weighted by molar-refractivity contribution is 6.03. The summed E-state index contributed by atoms with van der Waals surface area (Å²) >= 11 is 0. The van der Waals surface area contributed by atoms with Gasteiger partial charge in [-0.2, -0.15) is 0 Å². The van der Waals surface area contributed by atoms with Crippen molar-refractivity contribution in [2.75, 3.05) is 10.6 Å². The highest BCUT2D eigenvalue weighted by Crippen LogP contribution is 2.20. The van der Waals surface area contributed by atoms with Gasteiger partial charge < -0.3 is 10.6 Å². The van der Waals surface area contributed by atoms with Crippen molar-refractivity contribution in [3.05, 3.63) is 47.7 Å². The Kier molecular flexibility index (Phi) is 5.94. The Labute approximate surface area is 153 Å². The van der Waals surface area contributed by atoms with Crippen LogP contribution < -0.4 is 10.6 Å². The molecule has 1 aromatic carbocycles. The number of aromatic nitrogens is 2. The zero-order valence-corrected chi connectivity index (χ0v) is 15.0. The van der Waals surface area contributed by atoms with Crippen molar-refractivity contribution in [2.45, 2.75) is 51.5 Å². The minimum atomic E-state index is -0.325. The fourth-order valence-electron chi connectivity index (χ4n) is 3.15. The van der Waals surface area contributed by atoms with Crippen LogP contribution >= 0.6 is 0 Å². The van der Waals surface area contributed by atoms with E-state index < -0.39 is 0 Å². The minimum Gasteiger partial charge on any atom is -0.366 e. The number of benzene rings is 1.